The Balaban J connectivity index is 1.78. The van der Waals surface area contributed by atoms with Crippen LogP contribution < -0.4 is 19.5 Å². The summed E-state index contributed by atoms with van der Waals surface area (Å²) in [4.78, 5) is 12.5. The number of hydrogen-bond donors (Lipinski definition) is 1. The molecule has 5 heteroatoms. The maximum atomic E-state index is 12.5. The van der Waals surface area contributed by atoms with Crippen LogP contribution in [0.1, 0.15) is 35.3 Å². The van der Waals surface area contributed by atoms with Crippen LogP contribution in [0.15, 0.2) is 36.4 Å². The molecule has 0 fully saturated rings. The third kappa shape index (κ3) is 3.71. The van der Waals surface area contributed by atoms with Crippen molar-refractivity contribution in [3.05, 3.63) is 53.1 Å². The van der Waals surface area contributed by atoms with Crippen molar-refractivity contribution < 1.29 is 19.0 Å². The molecule has 0 saturated carbocycles. The highest BCUT2D eigenvalue weighted by Gasteiger charge is 2.22. The monoisotopic (exact) mass is 341 g/mol. The van der Waals surface area contributed by atoms with E-state index in [2.05, 4.69) is 5.32 Å². The SMILES string of the molecule is CCOc1cc2c(cc1CNC(=O)c1ccccc1OC)O[C@H](C)C2. The van der Waals surface area contributed by atoms with Crippen molar-refractivity contribution in [1.82, 2.24) is 5.32 Å². The number of methoxy groups -OCH3 is 1. The standard InChI is InChI=1S/C20H23NO4/c1-4-24-18-10-14-9-13(2)25-19(14)11-15(18)12-21-20(22)16-7-5-6-8-17(16)23-3/h5-8,10-11,13H,4,9,12H2,1-3H3,(H,21,22)/t13-/m1/s1. The van der Waals surface area contributed by atoms with Gasteiger partial charge < -0.3 is 19.5 Å². The average molecular weight is 341 g/mol. The highest BCUT2D eigenvalue weighted by Crippen LogP contribution is 2.35. The lowest BCUT2D eigenvalue weighted by molar-refractivity contribution is 0.0947. The summed E-state index contributed by atoms with van der Waals surface area (Å²) < 4.78 is 16.8. The maximum absolute atomic E-state index is 12.5. The maximum Gasteiger partial charge on any atom is 0.255 e. The Labute approximate surface area is 147 Å². The van der Waals surface area contributed by atoms with Crippen molar-refractivity contribution in [2.45, 2.75) is 32.9 Å². The van der Waals surface area contributed by atoms with E-state index >= 15 is 0 Å². The summed E-state index contributed by atoms with van der Waals surface area (Å²) in [5.41, 5.74) is 2.56. The Kier molecular flexibility index (Phi) is 5.12. The summed E-state index contributed by atoms with van der Waals surface area (Å²) in [5, 5.41) is 2.94. The van der Waals surface area contributed by atoms with Crippen molar-refractivity contribution in [1.29, 1.82) is 0 Å². The molecule has 132 valence electrons. The van der Waals surface area contributed by atoms with Crippen molar-refractivity contribution in [3.8, 4) is 17.2 Å². The third-order valence-electron chi connectivity index (χ3n) is 4.17. The van der Waals surface area contributed by atoms with Crippen LogP contribution in [0.3, 0.4) is 0 Å². The molecule has 1 N–H and O–H groups in total. The molecule has 0 saturated heterocycles. The number of nitrogens with one attached hydrogen (secondary N) is 1. The van der Waals surface area contributed by atoms with E-state index in [0.29, 0.717) is 24.5 Å². The molecule has 0 radical (unpaired) electrons. The number of ether oxygens (including phenoxy) is 3. The van der Waals surface area contributed by atoms with E-state index in [1.54, 1.807) is 19.2 Å². The quantitative estimate of drug-likeness (QED) is 0.875. The average Bonchev–Trinajstić information content (AvgIpc) is 2.98. The number of carbonyl (C=O) groups excluding carboxylic acids is 1. The first kappa shape index (κ1) is 17.1. The molecule has 0 bridgehead atoms. The molecule has 1 aliphatic rings. The van der Waals surface area contributed by atoms with Crippen molar-refractivity contribution >= 4 is 5.91 Å². The molecule has 1 aliphatic heterocycles. The molecule has 0 aromatic heterocycles. The van der Waals surface area contributed by atoms with Gasteiger partial charge in [-0.05, 0) is 38.1 Å². The van der Waals surface area contributed by atoms with Crippen LogP contribution in [-0.2, 0) is 13.0 Å². The zero-order chi connectivity index (χ0) is 17.8. The summed E-state index contributed by atoms with van der Waals surface area (Å²) in [6.07, 6.45) is 1.05. The molecular weight excluding hydrogens is 318 g/mol. The van der Waals surface area contributed by atoms with Gasteiger partial charge in [0.25, 0.3) is 5.91 Å². The molecule has 3 rings (SSSR count). The second-order valence-electron chi connectivity index (χ2n) is 6.02. The second kappa shape index (κ2) is 7.47. The molecule has 2 aromatic rings. The van der Waals surface area contributed by atoms with Crippen LogP contribution in [0.2, 0.25) is 0 Å². The first-order chi connectivity index (χ1) is 12.1. The molecule has 0 spiro atoms. The number of carbonyl (C=O) groups is 1. The van der Waals surface area contributed by atoms with E-state index in [0.717, 1.165) is 29.0 Å². The molecule has 0 unspecified atom stereocenters. The molecule has 2 aromatic carbocycles. The Bertz CT molecular complexity index is 772. The van der Waals surface area contributed by atoms with Crippen LogP contribution in [0, 0.1) is 0 Å². The molecule has 1 amide bonds. The minimum atomic E-state index is -0.185. The lowest BCUT2D eigenvalue weighted by atomic mass is 10.1. The summed E-state index contributed by atoms with van der Waals surface area (Å²) >= 11 is 0. The number of benzene rings is 2. The lowest BCUT2D eigenvalue weighted by Crippen LogP contribution is -2.23. The van der Waals surface area contributed by atoms with E-state index in [1.807, 2.05) is 38.1 Å². The van der Waals surface area contributed by atoms with Crippen molar-refractivity contribution in [3.63, 3.8) is 0 Å². The molecule has 0 aliphatic carbocycles. The normalized spacial score (nSPS) is 15.2. The van der Waals surface area contributed by atoms with E-state index in [9.17, 15) is 4.79 Å². The molecule has 1 atom stereocenters. The number of fused-ring (bicyclic) bond motifs is 1. The van der Waals surface area contributed by atoms with Gasteiger partial charge in [-0.25, -0.2) is 0 Å². The van der Waals surface area contributed by atoms with E-state index in [4.69, 9.17) is 14.2 Å². The Morgan fingerprint density at radius 1 is 1.28 bits per heavy atom. The Morgan fingerprint density at radius 2 is 2.08 bits per heavy atom. The van der Waals surface area contributed by atoms with E-state index < -0.39 is 0 Å². The zero-order valence-corrected chi connectivity index (χ0v) is 14.8. The first-order valence-corrected chi connectivity index (χ1v) is 8.48. The minimum Gasteiger partial charge on any atom is -0.496 e. The fraction of sp³-hybridized carbons (Fsp3) is 0.350. The second-order valence-corrected chi connectivity index (χ2v) is 6.02. The number of para-hydroxylation sites is 1. The Hall–Kier alpha value is -2.69. The van der Waals surface area contributed by atoms with Gasteiger partial charge in [0.2, 0.25) is 0 Å². The van der Waals surface area contributed by atoms with Crippen LogP contribution in [0.5, 0.6) is 17.2 Å². The van der Waals surface area contributed by atoms with Gasteiger partial charge in [0.1, 0.15) is 23.4 Å². The van der Waals surface area contributed by atoms with Crippen LogP contribution in [-0.4, -0.2) is 25.7 Å². The summed E-state index contributed by atoms with van der Waals surface area (Å²) in [6, 6.07) is 11.1. The zero-order valence-electron chi connectivity index (χ0n) is 14.8. The lowest BCUT2D eigenvalue weighted by Gasteiger charge is -2.14. The van der Waals surface area contributed by atoms with Crippen molar-refractivity contribution in [2.75, 3.05) is 13.7 Å². The van der Waals surface area contributed by atoms with Crippen LogP contribution in [0.25, 0.3) is 0 Å². The van der Waals surface area contributed by atoms with Gasteiger partial charge >= 0.3 is 0 Å². The van der Waals surface area contributed by atoms with Crippen LogP contribution >= 0.6 is 0 Å². The molecule has 1 heterocycles. The van der Waals surface area contributed by atoms with E-state index in [1.165, 1.54) is 0 Å². The van der Waals surface area contributed by atoms with Crippen molar-refractivity contribution in [2.24, 2.45) is 0 Å². The third-order valence-corrected chi connectivity index (χ3v) is 4.17. The fourth-order valence-corrected chi connectivity index (χ4v) is 3.01. The smallest absolute Gasteiger partial charge is 0.255 e. The summed E-state index contributed by atoms with van der Waals surface area (Å²) in [5.74, 6) is 2.03. The predicted molar refractivity (Wildman–Crippen MR) is 95.6 cm³/mol. The topological polar surface area (TPSA) is 56.8 Å². The molecule has 25 heavy (non-hydrogen) atoms. The highest BCUT2D eigenvalue weighted by atomic mass is 16.5. The molecular formula is C20H23NO4. The van der Waals surface area contributed by atoms with E-state index in [-0.39, 0.29) is 12.0 Å². The number of rotatable bonds is 6. The summed E-state index contributed by atoms with van der Waals surface area (Å²) in [7, 11) is 1.55. The number of amides is 1. The minimum absolute atomic E-state index is 0.169. The van der Waals surface area contributed by atoms with Gasteiger partial charge in [0.05, 0.1) is 19.3 Å². The van der Waals surface area contributed by atoms with Crippen LogP contribution in [0.4, 0.5) is 0 Å². The van der Waals surface area contributed by atoms with Gasteiger partial charge in [-0.2, -0.15) is 0 Å². The summed E-state index contributed by atoms with van der Waals surface area (Å²) in [6.45, 7) is 4.92. The van der Waals surface area contributed by atoms with Gasteiger partial charge in [-0.3, -0.25) is 4.79 Å². The molecule has 5 nitrogen and oxygen atoms in total. The Morgan fingerprint density at radius 3 is 2.84 bits per heavy atom. The fourth-order valence-electron chi connectivity index (χ4n) is 3.01. The highest BCUT2D eigenvalue weighted by molar-refractivity contribution is 5.96. The van der Waals surface area contributed by atoms with Gasteiger partial charge in [-0.15, -0.1) is 0 Å². The predicted octanol–water partition coefficient (Wildman–Crippen LogP) is 3.35. The van der Waals surface area contributed by atoms with Gasteiger partial charge in [0.15, 0.2) is 0 Å². The van der Waals surface area contributed by atoms with Gasteiger partial charge in [-0.1, -0.05) is 12.1 Å². The number of hydrogen-bond acceptors (Lipinski definition) is 4. The van der Waals surface area contributed by atoms with Gasteiger partial charge in [0, 0.05) is 24.1 Å². The largest absolute Gasteiger partial charge is 0.496 e. The first-order valence-electron chi connectivity index (χ1n) is 8.48.